The van der Waals surface area contributed by atoms with Crippen LogP contribution < -0.4 is 5.32 Å². The van der Waals surface area contributed by atoms with E-state index >= 15 is 0 Å². The highest BCUT2D eigenvalue weighted by molar-refractivity contribution is 7.90. The number of sulfone groups is 1. The molecule has 0 aliphatic heterocycles. The van der Waals surface area contributed by atoms with Gasteiger partial charge in [0.15, 0.2) is 0 Å². The molecule has 2 bridgehead atoms. The van der Waals surface area contributed by atoms with E-state index in [0.717, 1.165) is 37.3 Å². The molecule has 0 radical (unpaired) electrons. The lowest BCUT2D eigenvalue weighted by Crippen LogP contribution is -2.39. The highest BCUT2D eigenvalue weighted by Gasteiger charge is 2.50. The van der Waals surface area contributed by atoms with Crippen LogP contribution in [0.15, 0.2) is 0 Å². The molecule has 0 amide bonds. The lowest BCUT2D eigenvalue weighted by atomic mass is 9.70. The van der Waals surface area contributed by atoms with Gasteiger partial charge in [-0.05, 0) is 62.2 Å². The molecule has 3 aliphatic rings. The Kier molecular flexibility index (Phi) is 3.67. The van der Waals surface area contributed by atoms with Crippen LogP contribution in [-0.2, 0) is 9.84 Å². The number of hydrogen-bond donors (Lipinski definition) is 1. The molecule has 0 aromatic carbocycles. The van der Waals surface area contributed by atoms with Crippen molar-refractivity contribution in [3.8, 4) is 0 Å². The van der Waals surface area contributed by atoms with Crippen molar-refractivity contribution in [3.05, 3.63) is 0 Å². The van der Waals surface area contributed by atoms with Gasteiger partial charge < -0.3 is 5.32 Å². The first-order chi connectivity index (χ1) is 8.97. The first-order valence-corrected chi connectivity index (χ1v) is 9.94. The summed E-state index contributed by atoms with van der Waals surface area (Å²) in [5.74, 6) is 2.17. The van der Waals surface area contributed by atoms with Gasteiger partial charge in [0, 0.05) is 24.6 Å². The monoisotopic (exact) mass is 285 g/mol. The van der Waals surface area contributed by atoms with Gasteiger partial charge in [-0.3, -0.25) is 0 Å². The van der Waals surface area contributed by atoms with Crippen molar-refractivity contribution in [3.63, 3.8) is 0 Å². The van der Waals surface area contributed by atoms with E-state index in [-0.39, 0.29) is 0 Å². The molecule has 0 saturated heterocycles. The fourth-order valence-electron chi connectivity index (χ4n) is 4.49. The van der Waals surface area contributed by atoms with Crippen LogP contribution in [0.5, 0.6) is 0 Å². The Labute approximate surface area is 117 Å². The average Bonchev–Trinajstić information content (AvgIpc) is 2.95. The molecule has 0 aromatic rings. The summed E-state index contributed by atoms with van der Waals surface area (Å²) in [6, 6.07) is 0.769. The number of rotatable bonds is 7. The minimum absolute atomic E-state index is 0.371. The normalized spacial score (nSPS) is 37.9. The molecule has 1 N–H and O–H groups in total. The van der Waals surface area contributed by atoms with Crippen molar-refractivity contribution in [1.82, 2.24) is 5.32 Å². The number of nitrogens with one attached hydrogen (secondary N) is 1. The predicted molar refractivity (Wildman–Crippen MR) is 77.9 cm³/mol. The standard InChI is InChI=1S/C15H27NO2S/c1-19(17,18)8-2-7-15(11-16-14-5-6-14)10-12-3-4-13(15)9-12/h12-14,16H,2-11H2,1H3. The molecule has 3 rings (SSSR count). The molecule has 0 spiro atoms. The summed E-state index contributed by atoms with van der Waals surface area (Å²) in [6.07, 6.45) is 11.6. The van der Waals surface area contributed by atoms with Crippen LogP contribution in [0.2, 0.25) is 0 Å². The summed E-state index contributed by atoms with van der Waals surface area (Å²) < 4.78 is 22.7. The Morgan fingerprint density at radius 1 is 1.21 bits per heavy atom. The Morgan fingerprint density at radius 2 is 2.00 bits per heavy atom. The Morgan fingerprint density at radius 3 is 2.53 bits per heavy atom. The quantitative estimate of drug-likeness (QED) is 0.781. The minimum atomic E-state index is -2.79. The second kappa shape index (κ2) is 5.03. The van der Waals surface area contributed by atoms with Crippen LogP contribution in [0.4, 0.5) is 0 Å². The summed E-state index contributed by atoms with van der Waals surface area (Å²) in [6.45, 7) is 1.14. The first-order valence-electron chi connectivity index (χ1n) is 7.88. The second-order valence-corrected chi connectivity index (χ2v) is 9.59. The fourth-order valence-corrected chi connectivity index (χ4v) is 5.16. The smallest absolute Gasteiger partial charge is 0.147 e. The van der Waals surface area contributed by atoms with Crippen molar-refractivity contribution in [2.45, 2.75) is 57.4 Å². The molecular weight excluding hydrogens is 258 g/mol. The van der Waals surface area contributed by atoms with Crippen molar-refractivity contribution in [2.24, 2.45) is 17.3 Å². The van der Waals surface area contributed by atoms with Crippen molar-refractivity contribution in [1.29, 1.82) is 0 Å². The topological polar surface area (TPSA) is 46.2 Å². The van der Waals surface area contributed by atoms with Gasteiger partial charge in [0.25, 0.3) is 0 Å². The van der Waals surface area contributed by atoms with Crippen LogP contribution in [0.3, 0.4) is 0 Å². The maximum atomic E-state index is 11.3. The first kappa shape index (κ1) is 13.9. The van der Waals surface area contributed by atoms with Gasteiger partial charge >= 0.3 is 0 Å². The van der Waals surface area contributed by atoms with Gasteiger partial charge in [-0.15, -0.1) is 0 Å². The number of hydrogen-bond acceptors (Lipinski definition) is 3. The van der Waals surface area contributed by atoms with E-state index < -0.39 is 9.84 Å². The van der Waals surface area contributed by atoms with Crippen LogP contribution in [0, 0.1) is 17.3 Å². The maximum absolute atomic E-state index is 11.3. The summed E-state index contributed by atoms with van der Waals surface area (Å²) in [5, 5.41) is 3.72. The molecule has 4 heteroatoms. The zero-order valence-corrected chi connectivity index (χ0v) is 12.8. The van der Waals surface area contributed by atoms with Crippen LogP contribution in [0.1, 0.15) is 51.4 Å². The summed E-state index contributed by atoms with van der Waals surface area (Å²) >= 11 is 0. The third-order valence-electron chi connectivity index (χ3n) is 5.61. The van der Waals surface area contributed by atoms with Gasteiger partial charge in [0.1, 0.15) is 9.84 Å². The Hall–Kier alpha value is -0.0900. The maximum Gasteiger partial charge on any atom is 0.147 e. The SMILES string of the molecule is CS(=O)(=O)CCCC1(CNC2CC2)CC2CCC1C2. The molecular formula is C15H27NO2S. The van der Waals surface area contributed by atoms with E-state index in [9.17, 15) is 8.42 Å². The van der Waals surface area contributed by atoms with E-state index in [1.165, 1.54) is 44.8 Å². The van der Waals surface area contributed by atoms with Gasteiger partial charge in [-0.1, -0.05) is 6.42 Å². The minimum Gasteiger partial charge on any atom is -0.313 e. The predicted octanol–water partition coefficient (Wildman–Crippen LogP) is 2.37. The second-order valence-electron chi connectivity index (χ2n) is 7.33. The average molecular weight is 285 g/mol. The zero-order chi connectivity index (χ0) is 13.5. The van der Waals surface area contributed by atoms with Crippen molar-refractivity contribution in [2.75, 3.05) is 18.6 Å². The van der Waals surface area contributed by atoms with E-state index in [2.05, 4.69) is 5.32 Å². The van der Waals surface area contributed by atoms with Gasteiger partial charge in [-0.2, -0.15) is 0 Å². The molecule has 0 heterocycles. The van der Waals surface area contributed by atoms with Gasteiger partial charge in [0.2, 0.25) is 0 Å². The lowest BCUT2D eigenvalue weighted by molar-refractivity contribution is 0.141. The molecule has 0 aromatic heterocycles. The van der Waals surface area contributed by atoms with Crippen LogP contribution in [-0.4, -0.2) is 33.0 Å². The molecule has 3 aliphatic carbocycles. The van der Waals surface area contributed by atoms with Crippen LogP contribution >= 0.6 is 0 Å². The van der Waals surface area contributed by atoms with E-state index in [1.807, 2.05) is 0 Å². The molecule has 3 unspecified atom stereocenters. The van der Waals surface area contributed by atoms with Crippen molar-refractivity contribution >= 4 is 9.84 Å². The Bertz CT molecular complexity index is 429. The van der Waals surface area contributed by atoms with E-state index in [1.54, 1.807) is 0 Å². The van der Waals surface area contributed by atoms with Gasteiger partial charge in [-0.25, -0.2) is 8.42 Å². The lowest BCUT2D eigenvalue weighted by Gasteiger charge is -2.38. The molecule has 3 saturated carbocycles. The zero-order valence-electron chi connectivity index (χ0n) is 12.0. The van der Waals surface area contributed by atoms with E-state index in [0.29, 0.717) is 11.2 Å². The summed E-state index contributed by atoms with van der Waals surface area (Å²) in [7, 11) is -2.79. The van der Waals surface area contributed by atoms with Crippen LogP contribution in [0.25, 0.3) is 0 Å². The van der Waals surface area contributed by atoms with Crippen molar-refractivity contribution < 1.29 is 8.42 Å². The largest absolute Gasteiger partial charge is 0.313 e. The number of fused-ring (bicyclic) bond motifs is 2. The Balaban J connectivity index is 1.59. The summed E-state index contributed by atoms with van der Waals surface area (Å²) in [4.78, 5) is 0. The third kappa shape index (κ3) is 3.33. The molecule has 3 fully saturated rings. The summed E-state index contributed by atoms with van der Waals surface area (Å²) in [5.41, 5.74) is 0.427. The molecule has 3 atom stereocenters. The third-order valence-corrected chi connectivity index (χ3v) is 6.64. The highest BCUT2D eigenvalue weighted by atomic mass is 32.2. The fraction of sp³-hybridized carbons (Fsp3) is 1.00. The van der Waals surface area contributed by atoms with E-state index in [4.69, 9.17) is 0 Å². The van der Waals surface area contributed by atoms with Gasteiger partial charge in [0.05, 0.1) is 0 Å². The highest BCUT2D eigenvalue weighted by Crippen LogP contribution is 2.57. The molecule has 19 heavy (non-hydrogen) atoms. The molecule has 110 valence electrons. The molecule has 3 nitrogen and oxygen atoms in total.